The van der Waals surface area contributed by atoms with Gasteiger partial charge in [0.1, 0.15) is 18.5 Å². The molecule has 0 spiro atoms. The van der Waals surface area contributed by atoms with Crippen LogP contribution in [0.4, 0.5) is 0 Å². The van der Waals surface area contributed by atoms with E-state index in [0.29, 0.717) is 0 Å². The minimum Gasteiger partial charge on any atom is -0.491 e. The van der Waals surface area contributed by atoms with Gasteiger partial charge in [-0.2, -0.15) is 0 Å². The number of aliphatic hydroxyl groups excluding tert-OH is 1. The van der Waals surface area contributed by atoms with E-state index in [4.69, 9.17) is 4.74 Å². The molecule has 2 nitrogen and oxygen atoms in total. The molecule has 0 aliphatic carbocycles. The molecule has 0 saturated carbocycles. The van der Waals surface area contributed by atoms with E-state index in [0.717, 1.165) is 29.7 Å². The third-order valence-electron chi connectivity index (χ3n) is 3.42. The minimum atomic E-state index is -0.591. The van der Waals surface area contributed by atoms with E-state index in [1.54, 1.807) is 0 Å². The maximum Gasteiger partial charge on any atom is 0.119 e. The maximum atomic E-state index is 10.2. The molecule has 1 N–H and O–H groups in total. The van der Waals surface area contributed by atoms with Crippen molar-refractivity contribution in [3.8, 4) is 5.75 Å². The van der Waals surface area contributed by atoms with Crippen molar-refractivity contribution in [2.24, 2.45) is 0 Å². The van der Waals surface area contributed by atoms with Gasteiger partial charge in [-0.3, -0.25) is 0 Å². The molecule has 20 heavy (non-hydrogen) atoms. The topological polar surface area (TPSA) is 29.5 Å². The van der Waals surface area contributed by atoms with Crippen LogP contribution in [0.5, 0.6) is 5.75 Å². The summed E-state index contributed by atoms with van der Waals surface area (Å²) in [6, 6.07) is 15.9. The van der Waals surface area contributed by atoms with Crippen molar-refractivity contribution in [3.05, 3.63) is 65.2 Å². The molecule has 0 bridgehead atoms. The highest BCUT2D eigenvalue weighted by Gasteiger charge is 2.10. The van der Waals surface area contributed by atoms with Crippen LogP contribution < -0.4 is 4.74 Å². The van der Waals surface area contributed by atoms with Crippen molar-refractivity contribution in [2.45, 2.75) is 32.8 Å². The first kappa shape index (κ1) is 14.6. The molecule has 0 heterocycles. The molecule has 0 amide bonds. The molecular formula is C18H22O2. The molecule has 0 radical (unpaired) electrons. The fourth-order valence-electron chi connectivity index (χ4n) is 2.27. The molecule has 2 aromatic rings. The smallest absolute Gasteiger partial charge is 0.119 e. The summed E-state index contributed by atoms with van der Waals surface area (Å²) in [5.41, 5.74) is 3.33. The number of hydrogen-bond acceptors (Lipinski definition) is 2. The summed E-state index contributed by atoms with van der Waals surface area (Å²) in [6.45, 7) is 4.44. The molecule has 0 fully saturated rings. The number of benzene rings is 2. The van der Waals surface area contributed by atoms with Crippen LogP contribution >= 0.6 is 0 Å². The Kier molecular flexibility index (Phi) is 5.19. The van der Waals surface area contributed by atoms with Crippen molar-refractivity contribution in [2.75, 3.05) is 6.61 Å². The molecule has 1 unspecified atom stereocenters. The lowest BCUT2D eigenvalue weighted by molar-refractivity contribution is 0.107. The summed E-state index contributed by atoms with van der Waals surface area (Å²) in [5, 5.41) is 10.2. The Hall–Kier alpha value is -1.80. The van der Waals surface area contributed by atoms with Crippen molar-refractivity contribution in [1.82, 2.24) is 0 Å². The van der Waals surface area contributed by atoms with Crippen LogP contribution in [0.25, 0.3) is 0 Å². The van der Waals surface area contributed by atoms with E-state index < -0.39 is 6.10 Å². The SMILES string of the molecule is CCCc1ccc(OCC(O)c2ccccc2C)cc1. The normalized spacial score (nSPS) is 12.2. The largest absolute Gasteiger partial charge is 0.491 e. The van der Waals surface area contributed by atoms with Gasteiger partial charge in [0.2, 0.25) is 0 Å². The van der Waals surface area contributed by atoms with Crippen LogP contribution in [0.3, 0.4) is 0 Å². The second-order valence-corrected chi connectivity index (χ2v) is 5.08. The molecule has 0 aliphatic rings. The van der Waals surface area contributed by atoms with Crippen molar-refractivity contribution in [3.63, 3.8) is 0 Å². The van der Waals surface area contributed by atoms with Gasteiger partial charge in [0.25, 0.3) is 0 Å². The number of ether oxygens (including phenoxy) is 1. The summed E-state index contributed by atoms with van der Waals surface area (Å²) in [6.07, 6.45) is 1.64. The molecule has 0 saturated heterocycles. The molecule has 1 atom stereocenters. The Morgan fingerprint density at radius 1 is 1.05 bits per heavy atom. The van der Waals surface area contributed by atoms with Crippen LogP contribution in [0.1, 0.15) is 36.1 Å². The van der Waals surface area contributed by atoms with Crippen LogP contribution in [-0.2, 0) is 6.42 Å². The molecule has 2 heteroatoms. The Balaban J connectivity index is 1.93. The quantitative estimate of drug-likeness (QED) is 0.857. The molecular weight excluding hydrogens is 248 g/mol. The number of aryl methyl sites for hydroxylation is 2. The fourth-order valence-corrected chi connectivity index (χ4v) is 2.27. The van der Waals surface area contributed by atoms with E-state index >= 15 is 0 Å². The molecule has 2 rings (SSSR count). The lowest BCUT2D eigenvalue weighted by atomic mass is 10.0. The standard InChI is InChI=1S/C18H22O2/c1-3-6-15-9-11-16(12-10-15)20-13-18(19)17-8-5-4-7-14(17)2/h4-5,7-12,18-19H,3,6,13H2,1-2H3. The zero-order valence-electron chi connectivity index (χ0n) is 12.2. The molecule has 0 aromatic heterocycles. The van der Waals surface area contributed by atoms with Gasteiger partial charge in [-0.15, -0.1) is 0 Å². The average Bonchev–Trinajstić information content (AvgIpc) is 2.47. The summed E-state index contributed by atoms with van der Waals surface area (Å²) >= 11 is 0. The highest BCUT2D eigenvalue weighted by atomic mass is 16.5. The summed E-state index contributed by atoms with van der Waals surface area (Å²) in [7, 11) is 0. The fraction of sp³-hybridized carbons (Fsp3) is 0.333. The first-order valence-electron chi connectivity index (χ1n) is 7.16. The van der Waals surface area contributed by atoms with Gasteiger partial charge < -0.3 is 9.84 Å². The molecule has 0 aliphatic heterocycles. The number of rotatable bonds is 6. The molecule has 106 valence electrons. The Labute approximate surface area is 121 Å². The van der Waals surface area contributed by atoms with E-state index in [1.807, 2.05) is 43.3 Å². The van der Waals surface area contributed by atoms with Gasteiger partial charge in [-0.05, 0) is 42.2 Å². The van der Waals surface area contributed by atoms with Crippen molar-refractivity contribution < 1.29 is 9.84 Å². The third-order valence-corrected chi connectivity index (χ3v) is 3.42. The van der Waals surface area contributed by atoms with Gasteiger partial charge in [-0.25, -0.2) is 0 Å². The van der Waals surface area contributed by atoms with Crippen LogP contribution in [0.15, 0.2) is 48.5 Å². The second kappa shape index (κ2) is 7.11. The highest BCUT2D eigenvalue weighted by molar-refractivity contribution is 5.29. The Morgan fingerprint density at radius 2 is 1.75 bits per heavy atom. The van der Waals surface area contributed by atoms with Crippen molar-refractivity contribution >= 4 is 0 Å². The first-order valence-corrected chi connectivity index (χ1v) is 7.16. The monoisotopic (exact) mass is 270 g/mol. The highest BCUT2D eigenvalue weighted by Crippen LogP contribution is 2.20. The van der Waals surface area contributed by atoms with Crippen molar-refractivity contribution in [1.29, 1.82) is 0 Å². The third kappa shape index (κ3) is 3.84. The lowest BCUT2D eigenvalue weighted by Gasteiger charge is -2.15. The summed E-state index contributed by atoms with van der Waals surface area (Å²) < 4.78 is 5.66. The van der Waals surface area contributed by atoms with Crippen LogP contribution in [0.2, 0.25) is 0 Å². The van der Waals surface area contributed by atoms with Gasteiger partial charge in [0.15, 0.2) is 0 Å². The zero-order chi connectivity index (χ0) is 14.4. The zero-order valence-corrected chi connectivity index (χ0v) is 12.2. The van der Waals surface area contributed by atoms with E-state index in [1.165, 1.54) is 5.56 Å². The summed E-state index contributed by atoms with van der Waals surface area (Å²) in [5.74, 6) is 0.803. The predicted octanol–water partition coefficient (Wildman–Crippen LogP) is 4.06. The van der Waals surface area contributed by atoms with E-state index in [9.17, 15) is 5.11 Å². The minimum absolute atomic E-state index is 0.276. The van der Waals surface area contributed by atoms with Crippen LogP contribution in [0, 0.1) is 6.92 Å². The number of hydrogen-bond donors (Lipinski definition) is 1. The van der Waals surface area contributed by atoms with Gasteiger partial charge in [0.05, 0.1) is 0 Å². The second-order valence-electron chi connectivity index (χ2n) is 5.08. The Morgan fingerprint density at radius 3 is 2.40 bits per heavy atom. The lowest BCUT2D eigenvalue weighted by Crippen LogP contribution is -2.10. The maximum absolute atomic E-state index is 10.2. The van der Waals surface area contributed by atoms with E-state index in [2.05, 4.69) is 19.1 Å². The van der Waals surface area contributed by atoms with Gasteiger partial charge in [-0.1, -0.05) is 49.7 Å². The predicted molar refractivity (Wildman–Crippen MR) is 82.1 cm³/mol. The Bertz CT molecular complexity index is 531. The summed E-state index contributed by atoms with van der Waals surface area (Å²) in [4.78, 5) is 0. The average molecular weight is 270 g/mol. The molecule has 2 aromatic carbocycles. The number of aliphatic hydroxyl groups is 1. The van der Waals surface area contributed by atoms with Crippen LogP contribution in [-0.4, -0.2) is 11.7 Å². The van der Waals surface area contributed by atoms with Gasteiger partial charge >= 0.3 is 0 Å². The first-order chi connectivity index (χ1) is 9.70. The van der Waals surface area contributed by atoms with E-state index in [-0.39, 0.29) is 6.61 Å². The van der Waals surface area contributed by atoms with Gasteiger partial charge in [0, 0.05) is 0 Å².